The third-order valence-electron chi connectivity index (χ3n) is 5.09. The fourth-order valence-electron chi connectivity index (χ4n) is 3.03. The molecule has 9 heteroatoms. The summed E-state index contributed by atoms with van der Waals surface area (Å²) >= 11 is 0. The first-order valence-electron chi connectivity index (χ1n) is 9.06. The van der Waals surface area contributed by atoms with Crippen LogP contribution in [0.2, 0.25) is 0 Å². The van der Waals surface area contributed by atoms with E-state index in [1.807, 2.05) is 6.92 Å². The van der Waals surface area contributed by atoms with Crippen molar-refractivity contribution in [1.29, 1.82) is 0 Å². The Bertz CT molecular complexity index is 1000. The van der Waals surface area contributed by atoms with Crippen LogP contribution in [0, 0.1) is 5.92 Å². The number of benzene rings is 2. The Balaban J connectivity index is 1.75. The van der Waals surface area contributed by atoms with Crippen molar-refractivity contribution in [3.05, 3.63) is 59.7 Å². The van der Waals surface area contributed by atoms with Crippen LogP contribution in [0.25, 0.3) is 0 Å². The van der Waals surface area contributed by atoms with Gasteiger partial charge in [0, 0.05) is 24.3 Å². The van der Waals surface area contributed by atoms with Crippen LogP contribution < -0.4 is 4.72 Å². The fourth-order valence-corrected chi connectivity index (χ4v) is 4.08. The van der Waals surface area contributed by atoms with E-state index in [0.717, 1.165) is 31.0 Å². The van der Waals surface area contributed by atoms with Crippen LogP contribution in [-0.2, 0) is 16.2 Å². The summed E-state index contributed by atoms with van der Waals surface area (Å²) in [5, 5.41) is 0. The number of alkyl halides is 3. The number of rotatable bonds is 6. The molecule has 2 aromatic rings. The number of carbonyl (C=O) groups is 1. The zero-order chi connectivity index (χ0) is 21.4. The predicted octanol–water partition coefficient (Wildman–Crippen LogP) is 4.38. The largest absolute Gasteiger partial charge is 0.416 e. The smallest absolute Gasteiger partial charge is 0.339 e. The first kappa shape index (κ1) is 21.2. The molecule has 0 heterocycles. The fraction of sp³-hybridized carbons (Fsp3) is 0.350. The second-order valence-corrected chi connectivity index (χ2v) is 8.88. The number of anilines is 1. The summed E-state index contributed by atoms with van der Waals surface area (Å²) in [5.41, 5.74) is -0.803. The number of nitrogens with one attached hydrogen (secondary N) is 1. The van der Waals surface area contributed by atoms with Crippen LogP contribution in [0.4, 0.5) is 18.9 Å². The minimum absolute atomic E-state index is 0.105. The lowest BCUT2D eigenvalue weighted by Crippen LogP contribution is -2.36. The summed E-state index contributed by atoms with van der Waals surface area (Å²) in [5.74, 6) is 0.291. The van der Waals surface area contributed by atoms with Gasteiger partial charge in [-0.2, -0.15) is 13.2 Å². The molecule has 1 saturated carbocycles. The number of carbonyl (C=O) groups excluding carboxylic acids is 1. The predicted molar refractivity (Wildman–Crippen MR) is 103 cm³/mol. The van der Waals surface area contributed by atoms with Gasteiger partial charge in [0.05, 0.1) is 10.5 Å². The third-order valence-corrected chi connectivity index (χ3v) is 6.49. The van der Waals surface area contributed by atoms with E-state index in [9.17, 15) is 26.4 Å². The third kappa shape index (κ3) is 4.90. The van der Waals surface area contributed by atoms with E-state index in [1.165, 1.54) is 30.3 Å². The second-order valence-electron chi connectivity index (χ2n) is 7.20. The van der Waals surface area contributed by atoms with Crippen LogP contribution in [0.1, 0.15) is 35.7 Å². The molecule has 1 fully saturated rings. The maximum absolute atomic E-state index is 12.8. The molecule has 1 atom stereocenters. The van der Waals surface area contributed by atoms with Gasteiger partial charge in [-0.25, -0.2) is 8.42 Å². The molecule has 1 unspecified atom stereocenters. The second kappa shape index (κ2) is 7.70. The highest BCUT2D eigenvalue weighted by Gasteiger charge is 2.33. The SMILES string of the molecule is CC(C1CC1)N(C)C(=O)c1ccc(S(=O)(=O)Nc2cccc(C(F)(F)F)c2)cc1. The number of amides is 1. The lowest BCUT2D eigenvalue weighted by atomic mass is 10.1. The molecule has 1 aliphatic carbocycles. The summed E-state index contributed by atoms with van der Waals surface area (Å²) in [4.78, 5) is 14.0. The van der Waals surface area contributed by atoms with Crippen LogP contribution >= 0.6 is 0 Å². The molecule has 0 aliphatic heterocycles. The average Bonchev–Trinajstić information content (AvgIpc) is 3.51. The molecule has 2 aromatic carbocycles. The molecule has 0 spiro atoms. The maximum Gasteiger partial charge on any atom is 0.416 e. The number of nitrogens with zero attached hydrogens (tertiary/aromatic N) is 1. The van der Waals surface area contributed by atoms with Crippen molar-refractivity contribution in [2.24, 2.45) is 5.92 Å². The zero-order valence-corrected chi connectivity index (χ0v) is 16.7. The molecule has 1 aliphatic rings. The maximum atomic E-state index is 12.8. The van der Waals surface area contributed by atoms with Gasteiger partial charge < -0.3 is 4.90 Å². The first-order chi connectivity index (χ1) is 13.5. The normalized spacial score (nSPS) is 15.6. The Kier molecular flexibility index (Phi) is 5.62. The Hall–Kier alpha value is -2.55. The lowest BCUT2D eigenvalue weighted by molar-refractivity contribution is -0.137. The van der Waals surface area contributed by atoms with Crippen LogP contribution in [-0.4, -0.2) is 32.3 Å². The van der Waals surface area contributed by atoms with Crippen molar-refractivity contribution in [2.75, 3.05) is 11.8 Å². The Morgan fingerprint density at radius 2 is 1.76 bits per heavy atom. The minimum Gasteiger partial charge on any atom is -0.339 e. The minimum atomic E-state index is -4.58. The van der Waals surface area contributed by atoms with Crippen molar-refractivity contribution in [3.63, 3.8) is 0 Å². The van der Waals surface area contributed by atoms with Gasteiger partial charge in [0.15, 0.2) is 0 Å². The van der Waals surface area contributed by atoms with Crippen molar-refractivity contribution in [3.8, 4) is 0 Å². The average molecular weight is 426 g/mol. The molecule has 0 radical (unpaired) electrons. The first-order valence-corrected chi connectivity index (χ1v) is 10.5. The molecule has 0 aromatic heterocycles. The molecule has 1 N–H and O–H groups in total. The van der Waals surface area contributed by atoms with E-state index in [-0.39, 0.29) is 22.5 Å². The number of hydrogen-bond donors (Lipinski definition) is 1. The standard InChI is InChI=1S/C20H21F3N2O3S/c1-13(14-6-7-14)25(2)19(26)15-8-10-18(11-9-15)29(27,28)24-17-5-3-4-16(12-17)20(21,22)23/h3-5,8-14,24H,6-7H2,1-2H3. The molecule has 0 bridgehead atoms. The molecule has 3 rings (SSSR count). The van der Waals surface area contributed by atoms with Gasteiger partial charge in [-0.3, -0.25) is 9.52 Å². The van der Waals surface area contributed by atoms with Gasteiger partial charge >= 0.3 is 6.18 Å². The number of sulfonamides is 1. The van der Waals surface area contributed by atoms with Gasteiger partial charge in [-0.15, -0.1) is 0 Å². The van der Waals surface area contributed by atoms with E-state index < -0.39 is 21.8 Å². The van der Waals surface area contributed by atoms with Crippen LogP contribution in [0.15, 0.2) is 53.4 Å². The molecular weight excluding hydrogens is 405 g/mol. The Morgan fingerprint density at radius 3 is 2.31 bits per heavy atom. The molecule has 0 saturated heterocycles. The molecule has 5 nitrogen and oxygen atoms in total. The molecule has 29 heavy (non-hydrogen) atoms. The molecule has 1 amide bonds. The Labute approximate surface area is 167 Å². The van der Waals surface area contributed by atoms with E-state index in [1.54, 1.807) is 11.9 Å². The van der Waals surface area contributed by atoms with Crippen LogP contribution in [0.3, 0.4) is 0 Å². The van der Waals surface area contributed by atoms with E-state index in [0.29, 0.717) is 11.5 Å². The van der Waals surface area contributed by atoms with Crippen molar-refractivity contribution >= 4 is 21.6 Å². The molecule has 156 valence electrons. The quantitative estimate of drug-likeness (QED) is 0.746. The molecular formula is C20H21F3N2O3S. The number of halogens is 3. The van der Waals surface area contributed by atoms with Crippen molar-refractivity contribution in [2.45, 2.75) is 36.9 Å². The topological polar surface area (TPSA) is 66.5 Å². The van der Waals surface area contributed by atoms with Crippen LogP contribution in [0.5, 0.6) is 0 Å². The Morgan fingerprint density at radius 1 is 1.14 bits per heavy atom. The highest BCUT2D eigenvalue weighted by atomic mass is 32.2. The highest BCUT2D eigenvalue weighted by molar-refractivity contribution is 7.92. The van der Waals surface area contributed by atoms with Gasteiger partial charge in [0.25, 0.3) is 15.9 Å². The summed E-state index contributed by atoms with van der Waals surface area (Å²) < 4.78 is 65.5. The summed E-state index contributed by atoms with van der Waals surface area (Å²) in [6.07, 6.45) is -2.39. The van der Waals surface area contributed by atoms with Gasteiger partial charge in [0.2, 0.25) is 0 Å². The summed E-state index contributed by atoms with van der Waals surface area (Å²) in [6, 6.07) is 9.38. The zero-order valence-electron chi connectivity index (χ0n) is 15.9. The summed E-state index contributed by atoms with van der Waals surface area (Å²) in [7, 11) is -2.39. The van der Waals surface area contributed by atoms with E-state index in [4.69, 9.17) is 0 Å². The van der Waals surface area contributed by atoms with Gasteiger partial charge in [0.1, 0.15) is 0 Å². The van der Waals surface area contributed by atoms with Gasteiger partial charge in [-0.05, 0) is 68.1 Å². The highest BCUT2D eigenvalue weighted by Crippen LogP contribution is 2.35. The van der Waals surface area contributed by atoms with E-state index >= 15 is 0 Å². The summed E-state index contributed by atoms with van der Waals surface area (Å²) in [6.45, 7) is 1.98. The lowest BCUT2D eigenvalue weighted by Gasteiger charge is -2.25. The number of hydrogen-bond acceptors (Lipinski definition) is 3. The van der Waals surface area contributed by atoms with Crippen molar-refractivity contribution in [1.82, 2.24) is 4.90 Å². The van der Waals surface area contributed by atoms with Crippen molar-refractivity contribution < 1.29 is 26.4 Å². The van der Waals surface area contributed by atoms with Gasteiger partial charge in [-0.1, -0.05) is 6.07 Å². The monoisotopic (exact) mass is 426 g/mol. The van der Waals surface area contributed by atoms with E-state index in [2.05, 4.69) is 4.72 Å².